The molecule has 2 atom stereocenters. The second kappa shape index (κ2) is 15.2. The van der Waals surface area contributed by atoms with E-state index in [-0.39, 0.29) is 45.6 Å². The lowest BCUT2D eigenvalue weighted by atomic mass is 10.1. The Morgan fingerprint density at radius 2 is 1.57 bits per heavy atom. The summed E-state index contributed by atoms with van der Waals surface area (Å²) in [7, 11) is -0.204. The number of anilines is 1. The van der Waals surface area contributed by atoms with Gasteiger partial charge in [-0.05, 0) is 63.1 Å². The normalized spacial score (nSPS) is 12.5. The molecule has 0 fully saturated rings. The highest BCUT2D eigenvalue weighted by Crippen LogP contribution is 2.37. The van der Waals surface area contributed by atoms with Crippen molar-refractivity contribution in [3.8, 4) is 17.2 Å². The van der Waals surface area contributed by atoms with Gasteiger partial charge in [-0.25, -0.2) is 8.42 Å². The van der Waals surface area contributed by atoms with E-state index in [1.165, 1.54) is 56.6 Å². The Labute approximate surface area is 264 Å². The van der Waals surface area contributed by atoms with Crippen LogP contribution in [-0.2, 0) is 26.2 Å². The Kier molecular flexibility index (Phi) is 11.9. The number of hydrogen-bond acceptors (Lipinski definition) is 7. The van der Waals surface area contributed by atoms with Crippen molar-refractivity contribution in [2.75, 3.05) is 32.2 Å². The zero-order valence-electron chi connectivity index (χ0n) is 26.1. The van der Waals surface area contributed by atoms with E-state index in [1.807, 2.05) is 45.0 Å². The number of rotatable bonds is 14. The molecule has 3 aromatic carbocycles. The third kappa shape index (κ3) is 8.15. The van der Waals surface area contributed by atoms with Crippen molar-refractivity contribution in [3.63, 3.8) is 0 Å². The lowest BCUT2D eigenvalue weighted by Gasteiger charge is -2.33. The van der Waals surface area contributed by atoms with Gasteiger partial charge in [0.05, 0.1) is 31.9 Å². The molecular weight excluding hydrogens is 606 g/mol. The van der Waals surface area contributed by atoms with Crippen molar-refractivity contribution < 1.29 is 32.2 Å². The number of methoxy groups -OCH3 is 3. The van der Waals surface area contributed by atoms with Crippen LogP contribution in [0.2, 0.25) is 5.02 Å². The van der Waals surface area contributed by atoms with Gasteiger partial charge in [0.1, 0.15) is 18.3 Å². The number of ether oxygens (including phenoxy) is 3. The first-order chi connectivity index (χ1) is 20.9. The molecule has 0 saturated heterocycles. The van der Waals surface area contributed by atoms with Crippen LogP contribution in [-0.4, -0.2) is 65.1 Å². The highest BCUT2D eigenvalue weighted by Gasteiger charge is 2.34. The maximum absolute atomic E-state index is 14.3. The van der Waals surface area contributed by atoms with Gasteiger partial charge < -0.3 is 24.4 Å². The number of nitrogens with one attached hydrogen (secondary N) is 1. The number of carbonyl (C=O) groups excluding carboxylic acids is 2. The molecule has 3 rings (SSSR count). The highest BCUT2D eigenvalue weighted by atomic mass is 35.5. The number of benzene rings is 3. The molecule has 12 heteroatoms. The number of carbonyl (C=O) groups is 2. The summed E-state index contributed by atoms with van der Waals surface area (Å²) in [6, 6.07) is 15.2. The monoisotopic (exact) mass is 645 g/mol. The Morgan fingerprint density at radius 3 is 2.18 bits per heavy atom. The van der Waals surface area contributed by atoms with Gasteiger partial charge in [-0.1, -0.05) is 48.4 Å². The van der Waals surface area contributed by atoms with Gasteiger partial charge in [-0.2, -0.15) is 0 Å². The largest absolute Gasteiger partial charge is 0.495 e. The molecule has 238 valence electrons. The number of aryl methyl sites for hydroxylation is 1. The molecule has 2 amide bonds. The minimum atomic E-state index is -4.43. The van der Waals surface area contributed by atoms with Gasteiger partial charge in [0, 0.05) is 23.7 Å². The van der Waals surface area contributed by atoms with Crippen LogP contribution in [0.15, 0.2) is 65.6 Å². The molecule has 0 aliphatic heterocycles. The molecule has 2 unspecified atom stereocenters. The average molecular weight is 646 g/mol. The fraction of sp³-hybridized carbons (Fsp3) is 0.375. The van der Waals surface area contributed by atoms with E-state index in [1.54, 1.807) is 13.0 Å². The van der Waals surface area contributed by atoms with Crippen molar-refractivity contribution in [2.45, 2.75) is 57.6 Å². The standard InChI is InChI=1S/C32H40ClN3O7S/c1-8-22(3)34-32(38)23(4)35(19-24-11-9-10-21(2)16-24)31(37)20-36(27-17-25(33)12-14-28(27)41-5)44(39,40)26-13-15-29(42-6)30(18-26)43-7/h9-18,22-23H,8,19-20H2,1-7H3,(H,34,38). The first-order valence-corrected chi connectivity index (χ1v) is 15.9. The molecule has 0 radical (unpaired) electrons. The predicted octanol–water partition coefficient (Wildman–Crippen LogP) is 5.20. The van der Waals surface area contributed by atoms with Gasteiger partial charge in [0.2, 0.25) is 11.8 Å². The number of hydrogen-bond donors (Lipinski definition) is 1. The smallest absolute Gasteiger partial charge is 0.265 e. The highest BCUT2D eigenvalue weighted by molar-refractivity contribution is 7.92. The van der Waals surface area contributed by atoms with Gasteiger partial charge in [-0.15, -0.1) is 0 Å². The van der Waals surface area contributed by atoms with Crippen molar-refractivity contribution in [1.82, 2.24) is 10.2 Å². The fourth-order valence-electron chi connectivity index (χ4n) is 4.53. The lowest BCUT2D eigenvalue weighted by molar-refractivity contribution is -0.139. The van der Waals surface area contributed by atoms with Crippen molar-refractivity contribution in [2.24, 2.45) is 0 Å². The molecule has 10 nitrogen and oxygen atoms in total. The van der Waals surface area contributed by atoms with E-state index in [0.29, 0.717) is 12.2 Å². The molecule has 0 heterocycles. The summed E-state index contributed by atoms with van der Waals surface area (Å²) < 4.78 is 45.7. The van der Waals surface area contributed by atoms with Crippen LogP contribution in [0.4, 0.5) is 5.69 Å². The van der Waals surface area contributed by atoms with E-state index in [0.717, 1.165) is 15.4 Å². The van der Waals surface area contributed by atoms with E-state index in [4.69, 9.17) is 25.8 Å². The lowest BCUT2D eigenvalue weighted by Crippen LogP contribution is -2.52. The second-order valence-corrected chi connectivity index (χ2v) is 12.6. The van der Waals surface area contributed by atoms with Gasteiger partial charge in [0.15, 0.2) is 11.5 Å². The molecule has 0 spiro atoms. The zero-order chi connectivity index (χ0) is 32.6. The maximum Gasteiger partial charge on any atom is 0.265 e. The number of sulfonamides is 1. The molecule has 0 saturated carbocycles. The quantitative estimate of drug-likeness (QED) is 0.256. The maximum atomic E-state index is 14.3. The molecule has 1 N–H and O–H groups in total. The van der Waals surface area contributed by atoms with Crippen LogP contribution in [0.3, 0.4) is 0 Å². The Balaban J connectivity index is 2.15. The summed E-state index contributed by atoms with van der Waals surface area (Å²) in [6.07, 6.45) is 0.705. The molecule has 0 aliphatic rings. The van der Waals surface area contributed by atoms with Crippen LogP contribution in [0.25, 0.3) is 0 Å². The minimum absolute atomic E-state index is 0.0513. The van der Waals surface area contributed by atoms with Crippen molar-refractivity contribution >= 4 is 39.1 Å². The average Bonchev–Trinajstić information content (AvgIpc) is 3.01. The summed E-state index contributed by atoms with van der Waals surface area (Å²) in [5.41, 5.74) is 1.82. The summed E-state index contributed by atoms with van der Waals surface area (Å²) in [6.45, 7) is 6.80. The topological polar surface area (TPSA) is 114 Å². The first kappa shape index (κ1) is 34.5. The van der Waals surface area contributed by atoms with Crippen LogP contribution >= 0.6 is 11.6 Å². The Bertz CT molecular complexity index is 1580. The SMILES string of the molecule is CCC(C)NC(=O)C(C)N(Cc1cccc(C)c1)C(=O)CN(c1cc(Cl)ccc1OC)S(=O)(=O)c1ccc(OC)c(OC)c1. The fourth-order valence-corrected chi connectivity index (χ4v) is 6.13. The van der Waals surface area contributed by atoms with E-state index in [9.17, 15) is 18.0 Å². The van der Waals surface area contributed by atoms with E-state index >= 15 is 0 Å². The summed E-state index contributed by atoms with van der Waals surface area (Å²) in [5.74, 6) is -0.257. The first-order valence-electron chi connectivity index (χ1n) is 14.1. The summed E-state index contributed by atoms with van der Waals surface area (Å²) in [5, 5.41) is 3.16. The number of nitrogens with zero attached hydrogens (tertiary/aromatic N) is 2. The number of halogens is 1. The second-order valence-electron chi connectivity index (χ2n) is 10.3. The Morgan fingerprint density at radius 1 is 0.909 bits per heavy atom. The van der Waals surface area contributed by atoms with Crippen LogP contribution in [0, 0.1) is 6.92 Å². The van der Waals surface area contributed by atoms with Crippen molar-refractivity contribution in [1.29, 1.82) is 0 Å². The van der Waals surface area contributed by atoms with Crippen LogP contribution < -0.4 is 23.8 Å². The zero-order valence-corrected chi connectivity index (χ0v) is 27.7. The molecule has 0 bridgehead atoms. The summed E-state index contributed by atoms with van der Waals surface area (Å²) in [4.78, 5) is 28.7. The predicted molar refractivity (Wildman–Crippen MR) is 171 cm³/mol. The van der Waals surface area contributed by atoms with E-state index < -0.39 is 28.5 Å². The Hall–Kier alpha value is -3.96. The minimum Gasteiger partial charge on any atom is -0.495 e. The molecule has 44 heavy (non-hydrogen) atoms. The van der Waals surface area contributed by atoms with Gasteiger partial charge >= 0.3 is 0 Å². The molecule has 3 aromatic rings. The third-order valence-electron chi connectivity index (χ3n) is 7.24. The van der Waals surface area contributed by atoms with Gasteiger partial charge in [-0.3, -0.25) is 13.9 Å². The van der Waals surface area contributed by atoms with Crippen molar-refractivity contribution in [3.05, 3.63) is 76.8 Å². The van der Waals surface area contributed by atoms with Crippen LogP contribution in [0.1, 0.15) is 38.3 Å². The third-order valence-corrected chi connectivity index (χ3v) is 9.23. The molecule has 0 aliphatic carbocycles. The van der Waals surface area contributed by atoms with Crippen LogP contribution in [0.5, 0.6) is 17.2 Å². The van der Waals surface area contributed by atoms with Gasteiger partial charge in [0.25, 0.3) is 10.0 Å². The molecular formula is C32H40ClN3O7S. The van der Waals surface area contributed by atoms with E-state index in [2.05, 4.69) is 5.32 Å². The summed E-state index contributed by atoms with van der Waals surface area (Å²) >= 11 is 6.31. The number of amides is 2. The molecule has 0 aromatic heterocycles.